The van der Waals surface area contributed by atoms with Crippen LogP contribution in [-0.4, -0.2) is 23.8 Å². The molecule has 0 radical (unpaired) electrons. The molecule has 0 aromatic carbocycles. The summed E-state index contributed by atoms with van der Waals surface area (Å²) in [6.07, 6.45) is 2.37. The van der Waals surface area contributed by atoms with Crippen LogP contribution in [-0.2, 0) is 0 Å². The molecule has 0 unspecified atom stereocenters. The molecule has 106 valence electrons. The number of hydrogen-bond acceptors (Lipinski definition) is 5. The maximum absolute atomic E-state index is 6.32. The molecular weight excluding hydrogens is 292 g/mol. The molecule has 1 aliphatic carbocycles. The summed E-state index contributed by atoms with van der Waals surface area (Å²) in [4.78, 5) is 9.95. The first-order valence-corrected chi connectivity index (χ1v) is 7.80. The van der Waals surface area contributed by atoms with Crippen LogP contribution < -0.4 is 11.1 Å². The molecule has 0 amide bonds. The molecule has 20 heavy (non-hydrogen) atoms. The molecule has 6 heteroatoms. The molecule has 2 aliphatic rings. The van der Waals surface area contributed by atoms with E-state index < -0.39 is 0 Å². The summed E-state index contributed by atoms with van der Waals surface area (Å²) < 4.78 is 0. The van der Waals surface area contributed by atoms with Crippen molar-refractivity contribution < 1.29 is 0 Å². The summed E-state index contributed by atoms with van der Waals surface area (Å²) in [6.45, 7) is 3.93. The van der Waals surface area contributed by atoms with Crippen LogP contribution in [0.1, 0.15) is 29.7 Å². The number of nitrogens with two attached hydrogens (primary N) is 1. The van der Waals surface area contributed by atoms with Crippen molar-refractivity contribution in [1.82, 2.24) is 10.3 Å². The van der Waals surface area contributed by atoms with Crippen LogP contribution in [0.5, 0.6) is 0 Å². The van der Waals surface area contributed by atoms with E-state index in [9.17, 15) is 0 Å². The van der Waals surface area contributed by atoms with Gasteiger partial charge in [-0.3, -0.25) is 4.99 Å². The zero-order valence-electron chi connectivity index (χ0n) is 11.7. The van der Waals surface area contributed by atoms with Crippen LogP contribution in [0.3, 0.4) is 0 Å². The Kier molecular flexibility index (Phi) is 3.42. The smallest absolute Gasteiger partial charge is 0.113 e. The summed E-state index contributed by atoms with van der Waals surface area (Å²) >= 11 is 7.89. The first kappa shape index (κ1) is 13.8. The van der Waals surface area contributed by atoms with Gasteiger partial charge in [0.25, 0.3) is 0 Å². The third-order valence-corrected chi connectivity index (χ3v) is 5.22. The standard InChI is InChI=1S/C14H17ClN4S/c1-6-9-11(17-3)12(13(16)19-8-4-5-8)20-14(9)18-7(2)10(6)15/h8,19H,4-5,16H2,1-3H3/b13-12-,17-11-. The molecule has 0 atom stereocenters. The summed E-state index contributed by atoms with van der Waals surface area (Å²) in [6, 6.07) is 0.518. The predicted octanol–water partition coefficient (Wildman–Crippen LogP) is 2.76. The first-order valence-electron chi connectivity index (χ1n) is 6.61. The largest absolute Gasteiger partial charge is 0.385 e. The maximum Gasteiger partial charge on any atom is 0.113 e. The highest BCUT2D eigenvalue weighted by Crippen LogP contribution is 2.43. The minimum Gasteiger partial charge on any atom is -0.385 e. The number of fused-ring (bicyclic) bond motifs is 1. The van der Waals surface area contributed by atoms with Gasteiger partial charge in [-0.15, -0.1) is 0 Å². The van der Waals surface area contributed by atoms with E-state index in [0.29, 0.717) is 16.9 Å². The number of aromatic nitrogens is 1. The van der Waals surface area contributed by atoms with Crippen molar-refractivity contribution in [3.8, 4) is 0 Å². The monoisotopic (exact) mass is 308 g/mol. The number of thioether (sulfide) groups is 1. The number of aliphatic imine (C=N–C) groups is 1. The Morgan fingerprint density at radius 3 is 2.75 bits per heavy atom. The number of rotatable bonds is 2. The van der Waals surface area contributed by atoms with Gasteiger partial charge in [-0.1, -0.05) is 23.4 Å². The lowest BCUT2D eigenvalue weighted by molar-refractivity contribution is 0.793. The molecular formula is C14H17ClN4S. The van der Waals surface area contributed by atoms with Crippen LogP contribution in [0, 0.1) is 13.8 Å². The lowest BCUT2D eigenvalue weighted by Gasteiger charge is -2.09. The Bertz CT molecular complexity index is 647. The van der Waals surface area contributed by atoms with Gasteiger partial charge in [-0.2, -0.15) is 0 Å². The molecule has 1 aliphatic heterocycles. The fourth-order valence-electron chi connectivity index (χ4n) is 2.32. The summed E-state index contributed by atoms with van der Waals surface area (Å²) in [5, 5.41) is 4.99. The zero-order chi connectivity index (χ0) is 14.4. The molecule has 0 saturated heterocycles. The molecule has 4 nitrogen and oxygen atoms in total. The highest BCUT2D eigenvalue weighted by Gasteiger charge is 2.32. The van der Waals surface area contributed by atoms with Gasteiger partial charge in [0.2, 0.25) is 0 Å². The fourth-order valence-corrected chi connectivity index (χ4v) is 3.64. The zero-order valence-corrected chi connectivity index (χ0v) is 13.3. The second kappa shape index (κ2) is 4.97. The number of nitrogens with one attached hydrogen (secondary N) is 1. The normalized spacial score (nSPS) is 22.1. The van der Waals surface area contributed by atoms with E-state index >= 15 is 0 Å². The van der Waals surface area contributed by atoms with Gasteiger partial charge >= 0.3 is 0 Å². The lowest BCUT2D eigenvalue weighted by Crippen LogP contribution is -2.25. The Balaban J connectivity index is 2.10. The Hall–Kier alpha value is -1.20. The molecule has 2 heterocycles. The van der Waals surface area contributed by atoms with Crippen molar-refractivity contribution in [2.75, 3.05) is 7.05 Å². The molecule has 3 N–H and O–H groups in total. The average molecular weight is 309 g/mol. The number of allylic oxidation sites excluding steroid dienone is 1. The molecule has 1 fully saturated rings. The van der Waals surface area contributed by atoms with Gasteiger partial charge in [0, 0.05) is 18.7 Å². The maximum atomic E-state index is 6.32. The summed E-state index contributed by atoms with van der Waals surface area (Å²) in [7, 11) is 1.78. The van der Waals surface area contributed by atoms with Gasteiger partial charge in [-0.05, 0) is 32.3 Å². The van der Waals surface area contributed by atoms with Gasteiger partial charge in [0.15, 0.2) is 0 Å². The molecule has 1 aromatic rings. The fraction of sp³-hybridized carbons (Fsp3) is 0.429. The van der Waals surface area contributed by atoms with Crippen LogP contribution >= 0.6 is 23.4 Å². The van der Waals surface area contributed by atoms with E-state index in [0.717, 1.165) is 32.5 Å². The van der Waals surface area contributed by atoms with Crippen molar-refractivity contribution in [1.29, 1.82) is 0 Å². The first-order chi connectivity index (χ1) is 9.52. The SMILES string of the molecule is C/N=C1\C(=C(/N)NC2CC2)Sc2nc(C)c(Cl)c(C)c21. The van der Waals surface area contributed by atoms with Gasteiger partial charge in [0.05, 0.1) is 21.3 Å². The third-order valence-electron chi connectivity index (χ3n) is 3.56. The van der Waals surface area contributed by atoms with Gasteiger partial charge < -0.3 is 11.1 Å². The minimum absolute atomic E-state index is 0.518. The van der Waals surface area contributed by atoms with Crippen molar-refractivity contribution >= 4 is 29.1 Å². The van der Waals surface area contributed by atoms with Crippen LogP contribution in [0.25, 0.3) is 0 Å². The topological polar surface area (TPSA) is 63.3 Å². The van der Waals surface area contributed by atoms with Crippen LogP contribution in [0.2, 0.25) is 5.02 Å². The second-order valence-electron chi connectivity index (χ2n) is 5.15. The van der Waals surface area contributed by atoms with Crippen LogP contribution in [0.4, 0.5) is 0 Å². The van der Waals surface area contributed by atoms with E-state index in [1.165, 1.54) is 12.8 Å². The number of pyridine rings is 1. The van der Waals surface area contributed by atoms with Crippen molar-refractivity contribution in [2.24, 2.45) is 10.7 Å². The predicted molar refractivity (Wildman–Crippen MR) is 84.4 cm³/mol. The van der Waals surface area contributed by atoms with E-state index in [2.05, 4.69) is 15.3 Å². The Morgan fingerprint density at radius 1 is 1.45 bits per heavy atom. The number of hydrogen-bond donors (Lipinski definition) is 2. The van der Waals surface area contributed by atoms with Crippen molar-refractivity contribution in [2.45, 2.75) is 37.8 Å². The van der Waals surface area contributed by atoms with Crippen LogP contribution in [0.15, 0.2) is 20.7 Å². The molecule has 1 saturated carbocycles. The Morgan fingerprint density at radius 2 is 2.15 bits per heavy atom. The minimum atomic E-state index is 0.518. The number of halogens is 1. The molecule has 3 rings (SSSR count). The van der Waals surface area contributed by atoms with Gasteiger partial charge in [0.1, 0.15) is 10.8 Å². The molecule has 0 spiro atoms. The average Bonchev–Trinajstić information content (AvgIpc) is 3.14. The number of aryl methyl sites for hydroxylation is 1. The molecule has 1 aromatic heterocycles. The Labute approximate surface area is 127 Å². The second-order valence-corrected chi connectivity index (χ2v) is 6.53. The number of nitrogens with zero attached hydrogens (tertiary/aromatic N) is 2. The third kappa shape index (κ3) is 2.19. The quantitative estimate of drug-likeness (QED) is 0.882. The lowest BCUT2D eigenvalue weighted by atomic mass is 10.1. The van der Waals surface area contributed by atoms with E-state index in [1.54, 1.807) is 18.8 Å². The summed E-state index contributed by atoms with van der Waals surface area (Å²) in [5.74, 6) is 0.698. The highest BCUT2D eigenvalue weighted by molar-refractivity contribution is 8.04. The molecule has 0 bridgehead atoms. The van der Waals surface area contributed by atoms with E-state index in [-0.39, 0.29) is 0 Å². The summed E-state index contributed by atoms with van der Waals surface area (Å²) in [5.41, 5.74) is 9.98. The highest BCUT2D eigenvalue weighted by atomic mass is 35.5. The van der Waals surface area contributed by atoms with E-state index in [4.69, 9.17) is 17.3 Å². The van der Waals surface area contributed by atoms with Gasteiger partial charge in [-0.25, -0.2) is 4.98 Å². The van der Waals surface area contributed by atoms with E-state index in [1.807, 2.05) is 13.8 Å². The van der Waals surface area contributed by atoms with Crippen molar-refractivity contribution in [3.05, 3.63) is 32.6 Å². The van der Waals surface area contributed by atoms with Crippen molar-refractivity contribution in [3.63, 3.8) is 0 Å².